The molecule has 2 unspecified atom stereocenters. The van der Waals surface area contributed by atoms with Crippen molar-refractivity contribution in [3.05, 3.63) is 17.1 Å². The minimum atomic E-state index is -4.47. The van der Waals surface area contributed by atoms with Crippen molar-refractivity contribution in [3.63, 3.8) is 0 Å². The van der Waals surface area contributed by atoms with Crippen molar-refractivity contribution in [1.82, 2.24) is 5.32 Å². The number of hydrogen-bond acceptors (Lipinski definition) is 8. The SMILES string of the molecule is CCCCCCCCCCCCCCCCCCNC(=O)OCC(COP(=O)([O-])OCC[n+]1ccsc1)OC.O. The average molecular weight is 611 g/mol. The summed E-state index contributed by atoms with van der Waals surface area (Å²) in [5.41, 5.74) is 1.85. The zero-order chi connectivity index (χ0) is 28.4. The second-order valence-electron chi connectivity index (χ2n) is 10.0. The predicted molar refractivity (Wildman–Crippen MR) is 157 cm³/mol. The first kappa shape index (κ1) is 38.9. The molecule has 0 fully saturated rings. The maximum absolute atomic E-state index is 11.9. The molecule has 1 amide bonds. The Bertz CT molecular complexity index is 742. The summed E-state index contributed by atoms with van der Waals surface area (Å²) < 4.78 is 33.7. The first-order chi connectivity index (χ1) is 19.0. The Labute approximate surface area is 246 Å². The second kappa shape index (κ2) is 26.8. The molecule has 0 saturated heterocycles. The Balaban J connectivity index is 0.0000152. The van der Waals surface area contributed by atoms with Gasteiger partial charge in [0.15, 0.2) is 12.7 Å². The molecule has 0 aliphatic heterocycles. The number of nitrogens with zero attached hydrogens (tertiary/aromatic N) is 1. The first-order valence-corrected chi connectivity index (χ1v) is 17.3. The zero-order valence-electron chi connectivity index (χ0n) is 24.8. The monoisotopic (exact) mass is 610 g/mol. The molecule has 2 atom stereocenters. The van der Waals surface area contributed by atoms with Crippen LogP contribution >= 0.6 is 19.2 Å². The number of unbranched alkanes of at least 4 members (excludes halogenated alkanes) is 15. The third-order valence-corrected chi connectivity index (χ3v) is 8.21. The molecular weight excluding hydrogens is 555 g/mol. The number of alkyl carbamates (subject to hydrolysis) is 1. The summed E-state index contributed by atoms with van der Waals surface area (Å²) in [5, 5.41) is 4.61. The molecule has 0 aliphatic carbocycles. The minimum absolute atomic E-state index is 0. The highest BCUT2D eigenvalue weighted by atomic mass is 32.1. The van der Waals surface area contributed by atoms with Crippen LogP contribution in [0.5, 0.6) is 0 Å². The first-order valence-electron chi connectivity index (χ1n) is 14.9. The molecule has 1 aromatic heterocycles. The molecule has 12 heteroatoms. The molecule has 0 bridgehead atoms. The molecule has 236 valence electrons. The van der Waals surface area contributed by atoms with E-state index in [2.05, 4.69) is 12.2 Å². The van der Waals surface area contributed by atoms with Gasteiger partial charge in [-0.3, -0.25) is 4.57 Å². The Hall–Kier alpha value is -1.07. The van der Waals surface area contributed by atoms with E-state index in [1.165, 1.54) is 108 Å². The number of carbonyl (C=O) groups is 1. The van der Waals surface area contributed by atoms with Gasteiger partial charge in [0.25, 0.3) is 7.82 Å². The van der Waals surface area contributed by atoms with Crippen LogP contribution in [0.1, 0.15) is 110 Å². The highest BCUT2D eigenvalue weighted by Gasteiger charge is 2.17. The van der Waals surface area contributed by atoms with Crippen molar-refractivity contribution in [2.75, 3.05) is 33.5 Å². The molecule has 0 saturated carbocycles. The molecule has 0 radical (unpaired) electrons. The van der Waals surface area contributed by atoms with E-state index in [0.29, 0.717) is 13.1 Å². The molecule has 0 spiro atoms. The van der Waals surface area contributed by atoms with Gasteiger partial charge in [0, 0.05) is 13.7 Å². The summed E-state index contributed by atoms with van der Waals surface area (Å²) in [6.07, 6.45) is 21.5. The van der Waals surface area contributed by atoms with Crippen LogP contribution in [0, 0.1) is 0 Å². The molecule has 3 N–H and O–H groups in total. The van der Waals surface area contributed by atoms with Crippen molar-refractivity contribution in [3.8, 4) is 0 Å². The fraction of sp³-hybridized carbons (Fsp3) is 0.857. The van der Waals surface area contributed by atoms with E-state index in [0.717, 1.165) is 12.8 Å². The van der Waals surface area contributed by atoms with Crippen molar-refractivity contribution < 1.29 is 42.8 Å². The summed E-state index contributed by atoms with van der Waals surface area (Å²) in [7, 11) is -3.07. The number of amides is 1. The quantitative estimate of drug-likeness (QED) is 0.0763. The number of phosphoric ester groups is 1. The van der Waals surface area contributed by atoms with Crippen molar-refractivity contribution in [2.24, 2.45) is 0 Å². The lowest BCUT2D eigenvalue weighted by Gasteiger charge is -2.24. The van der Waals surface area contributed by atoms with E-state index in [4.69, 9.17) is 18.5 Å². The van der Waals surface area contributed by atoms with Crippen molar-refractivity contribution in [2.45, 2.75) is 122 Å². The molecule has 1 aromatic rings. The lowest BCUT2D eigenvalue weighted by Crippen LogP contribution is -2.33. The van der Waals surface area contributed by atoms with Gasteiger partial charge in [-0.25, -0.2) is 4.79 Å². The molecular formula is C28H55N2O8PS. The van der Waals surface area contributed by atoms with Crippen LogP contribution in [0.25, 0.3) is 0 Å². The van der Waals surface area contributed by atoms with Crippen LogP contribution in [0.4, 0.5) is 4.79 Å². The maximum Gasteiger partial charge on any atom is 0.407 e. The van der Waals surface area contributed by atoms with E-state index in [1.54, 1.807) is 0 Å². The van der Waals surface area contributed by atoms with E-state index in [1.807, 2.05) is 21.7 Å². The van der Waals surface area contributed by atoms with Gasteiger partial charge in [0.1, 0.15) is 19.3 Å². The third-order valence-electron chi connectivity index (χ3n) is 6.58. The van der Waals surface area contributed by atoms with E-state index >= 15 is 0 Å². The van der Waals surface area contributed by atoms with Crippen LogP contribution in [0.2, 0.25) is 0 Å². The molecule has 1 rings (SSSR count). The number of carbonyl (C=O) groups excluding carboxylic acids is 1. The van der Waals surface area contributed by atoms with Gasteiger partial charge < -0.3 is 34.2 Å². The largest absolute Gasteiger partial charge is 0.756 e. The van der Waals surface area contributed by atoms with Crippen LogP contribution in [-0.2, 0) is 29.6 Å². The number of phosphoric acid groups is 1. The summed E-state index contributed by atoms with van der Waals surface area (Å²) in [6.45, 7) is 2.77. The molecule has 1 heterocycles. The van der Waals surface area contributed by atoms with Gasteiger partial charge in [-0.1, -0.05) is 115 Å². The van der Waals surface area contributed by atoms with Crippen LogP contribution in [0.15, 0.2) is 17.1 Å². The van der Waals surface area contributed by atoms with E-state index < -0.39 is 20.0 Å². The Morgan fingerprint density at radius 2 is 1.45 bits per heavy atom. The van der Waals surface area contributed by atoms with Crippen LogP contribution in [-0.4, -0.2) is 51.1 Å². The summed E-state index contributed by atoms with van der Waals surface area (Å²) in [6, 6.07) is 0. The molecule has 10 nitrogen and oxygen atoms in total. The Kier molecular flexibility index (Phi) is 26.1. The normalized spacial score (nSPS) is 13.4. The van der Waals surface area contributed by atoms with E-state index in [9.17, 15) is 14.3 Å². The van der Waals surface area contributed by atoms with Crippen molar-refractivity contribution in [1.29, 1.82) is 0 Å². The highest BCUT2D eigenvalue weighted by molar-refractivity contribution is 7.45. The molecule has 40 heavy (non-hydrogen) atoms. The number of aromatic nitrogens is 1. The number of thiazole rings is 1. The number of nitrogens with one attached hydrogen (secondary N) is 1. The number of ether oxygens (including phenoxy) is 2. The van der Waals surface area contributed by atoms with E-state index in [-0.39, 0.29) is 25.3 Å². The molecule has 0 aliphatic rings. The number of rotatable bonds is 27. The Morgan fingerprint density at radius 3 is 1.95 bits per heavy atom. The van der Waals surface area contributed by atoms with Gasteiger partial charge in [-0.05, 0) is 6.42 Å². The number of methoxy groups -OCH3 is 1. The minimum Gasteiger partial charge on any atom is -0.756 e. The lowest BCUT2D eigenvalue weighted by molar-refractivity contribution is -0.693. The molecule has 0 aromatic carbocycles. The Morgan fingerprint density at radius 1 is 0.900 bits per heavy atom. The average Bonchev–Trinajstić information content (AvgIpc) is 3.44. The summed E-state index contributed by atoms with van der Waals surface area (Å²) in [5.74, 6) is 0. The van der Waals surface area contributed by atoms with Gasteiger partial charge >= 0.3 is 6.09 Å². The van der Waals surface area contributed by atoms with Crippen molar-refractivity contribution >= 4 is 25.3 Å². The topological polar surface area (TPSA) is 142 Å². The smallest absolute Gasteiger partial charge is 0.407 e. The fourth-order valence-electron chi connectivity index (χ4n) is 4.13. The third kappa shape index (κ3) is 23.6. The summed E-state index contributed by atoms with van der Waals surface area (Å²) >= 11 is 1.50. The lowest BCUT2D eigenvalue weighted by atomic mass is 10.0. The number of hydrogen-bond donors (Lipinski definition) is 1. The van der Waals surface area contributed by atoms with Gasteiger partial charge in [0.2, 0.25) is 5.51 Å². The second-order valence-corrected chi connectivity index (χ2v) is 12.2. The highest BCUT2D eigenvalue weighted by Crippen LogP contribution is 2.38. The van der Waals surface area contributed by atoms with Gasteiger partial charge in [0.05, 0.1) is 12.0 Å². The standard InChI is InChI=1S/C28H53N2O7PS.H2O/c1-3-4-5-6-7-8-9-10-11-12-13-14-15-16-17-18-19-29-28(31)35-24-27(34-2)25-37-38(32,33)36-22-20-30-21-23-39-26-30;/h21,23,26-27H,3-20,22,24-25H2,1-2H3,(H-,29,31,32,33);1H2. The maximum atomic E-state index is 11.9. The fourth-order valence-corrected chi connectivity index (χ4v) is 5.48. The van der Waals surface area contributed by atoms with Crippen LogP contribution < -0.4 is 14.8 Å². The zero-order valence-corrected chi connectivity index (χ0v) is 26.5. The summed E-state index contributed by atoms with van der Waals surface area (Å²) in [4.78, 5) is 23.8. The van der Waals surface area contributed by atoms with Gasteiger partial charge in [-0.15, -0.1) is 0 Å². The predicted octanol–water partition coefficient (Wildman–Crippen LogP) is 5.72. The van der Waals surface area contributed by atoms with Crippen LogP contribution in [0.3, 0.4) is 0 Å². The van der Waals surface area contributed by atoms with Gasteiger partial charge in [-0.2, -0.15) is 4.57 Å².